The lowest BCUT2D eigenvalue weighted by Crippen LogP contribution is -2.53. The Morgan fingerprint density at radius 2 is 1.75 bits per heavy atom. The van der Waals surface area contributed by atoms with Crippen LogP contribution in [-0.4, -0.2) is 48.6 Å². The average molecular weight is 599 g/mol. The number of hydrogen-bond donors (Lipinski definition) is 3. The number of allylic oxidation sites excluding steroid dienone is 1. The van der Waals surface area contributed by atoms with Crippen molar-refractivity contribution in [3.05, 3.63) is 101 Å². The predicted molar refractivity (Wildman–Crippen MR) is 161 cm³/mol. The topological polar surface area (TPSA) is 110 Å². The van der Waals surface area contributed by atoms with E-state index < -0.39 is 17.9 Å². The Balaban J connectivity index is 1.17. The molecule has 3 aromatic carbocycles. The van der Waals surface area contributed by atoms with E-state index in [9.17, 15) is 14.9 Å². The van der Waals surface area contributed by atoms with E-state index in [0.29, 0.717) is 28.4 Å². The minimum Gasteiger partial charge on any atom is -0.489 e. The number of carbonyl (C=O) groups excluding carboxylic acids is 2. The summed E-state index contributed by atoms with van der Waals surface area (Å²) in [5.41, 5.74) is 4.52. The van der Waals surface area contributed by atoms with Gasteiger partial charge in [-0.2, -0.15) is 14.0 Å². The Bertz CT molecular complexity index is 1620. The third kappa shape index (κ3) is 5.62. The molecule has 3 N–H and O–H groups in total. The van der Waals surface area contributed by atoms with E-state index in [1.165, 1.54) is 41.3 Å². The summed E-state index contributed by atoms with van der Waals surface area (Å²) in [6, 6.07) is 19.4. The Morgan fingerprint density at radius 3 is 2.45 bits per heavy atom. The molecule has 2 fully saturated rings. The summed E-state index contributed by atoms with van der Waals surface area (Å²) in [6.45, 7) is 3.67. The third-order valence-electron chi connectivity index (χ3n) is 8.24. The fraction of sp³-hybridized carbons (Fsp3) is 0.303. The molecule has 11 heteroatoms. The number of rotatable bonds is 7. The first-order valence-electron chi connectivity index (χ1n) is 14.6. The fourth-order valence-electron chi connectivity index (χ4n) is 5.92. The number of hydrazine groups is 1. The molecule has 3 aromatic rings. The van der Waals surface area contributed by atoms with Gasteiger partial charge >= 0.3 is 0 Å². The van der Waals surface area contributed by atoms with Crippen LogP contribution in [0.4, 0.5) is 20.2 Å². The van der Waals surface area contributed by atoms with Crippen molar-refractivity contribution in [1.29, 1.82) is 5.26 Å². The van der Waals surface area contributed by atoms with Crippen LogP contribution in [0.1, 0.15) is 36.5 Å². The molecule has 6 rings (SSSR count). The molecule has 3 heterocycles. The summed E-state index contributed by atoms with van der Waals surface area (Å²) < 4.78 is 36.3. The largest absolute Gasteiger partial charge is 0.489 e. The van der Waals surface area contributed by atoms with Gasteiger partial charge in [0, 0.05) is 40.9 Å². The van der Waals surface area contributed by atoms with Crippen LogP contribution in [0.3, 0.4) is 0 Å². The van der Waals surface area contributed by atoms with E-state index in [4.69, 9.17) is 4.74 Å². The number of hydrogen-bond acceptors (Lipinski definition) is 7. The molecule has 226 valence electrons. The van der Waals surface area contributed by atoms with E-state index in [1.54, 1.807) is 54.5 Å². The summed E-state index contributed by atoms with van der Waals surface area (Å²) >= 11 is 0. The normalized spacial score (nSPS) is 20.5. The summed E-state index contributed by atoms with van der Waals surface area (Å²) in [5.74, 6) is -4.24. The monoisotopic (exact) mass is 598 g/mol. The number of carbonyl (C=O) groups is 2. The van der Waals surface area contributed by atoms with Gasteiger partial charge < -0.3 is 20.4 Å². The number of anilines is 2. The quantitative estimate of drug-likeness (QED) is 0.368. The highest BCUT2D eigenvalue weighted by Gasteiger charge is 2.47. The van der Waals surface area contributed by atoms with Crippen molar-refractivity contribution in [2.75, 3.05) is 29.9 Å². The van der Waals surface area contributed by atoms with Gasteiger partial charge in [-0.05, 0) is 63.2 Å². The van der Waals surface area contributed by atoms with Crippen molar-refractivity contribution >= 4 is 23.2 Å². The van der Waals surface area contributed by atoms with Crippen molar-refractivity contribution < 1.29 is 23.1 Å². The number of piperidine rings is 1. The van der Waals surface area contributed by atoms with Crippen molar-refractivity contribution in [2.24, 2.45) is 5.92 Å². The highest BCUT2D eigenvalue weighted by Crippen LogP contribution is 2.38. The molecule has 0 saturated carbocycles. The molecule has 0 spiro atoms. The number of benzene rings is 3. The zero-order valence-electron chi connectivity index (χ0n) is 24.1. The Kier molecular flexibility index (Phi) is 8.03. The maximum absolute atomic E-state index is 15.1. The Morgan fingerprint density at radius 1 is 1.05 bits per heavy atom. The van der Waals surface area contributed by atoms with Gasteiger partial charge in [0.05, 0.1) is 11.5 Å². The van der Waals surface area contributed by atoms with Crippen molar-refractivity contribution in [3.8, 4) is 11.8 Å². The molecule has 2 amide bonds. The maximum Gasteiger partial charge on any atom is 0.298 e. The molecule has 0 aliphatic carbocycles. The van der Waals surface area contributed by atoms with Gasteiger partial charge in [0.2, 0.25) is 5.91 Å². The first kappa shape index (κ1) is 29.3. The number of nitrogens with zero attached hydrogens (tertiary/aromatic N) is 3. The highest BCUT2D eigenvalue weighted by atomic mass is 19.3. The number of amides is 2. The van der Waals surface area contributed by atoms with Crippen LogP contribution in [0.25, 0.3) is 0 Å². The number of nitriles is 1. The SMILES string of the molecule is CC1=CN2NC[C@H](C(=O)Nc3ccc(OC4CCNCC4)c(C#N)c3)C2C(=O)N1c1ccc(C(F)(F)c2ccccc2)cc1. The van der Waals surface area contributed by atoms with Gasteiger partial charge in [-0.1, -0.05) is 42.5 Å². The smallest absolute Gasteiger partial charge is 0.298 e. The molecule has 2 atom stereocenters. The second kappa shape index (κ2) is 12.1. The molecule has 3 aliphatic rings. The van der Waals surface area contributed by atoms with E-state index in [1.807, 2.05) is 0 Å². The summed E-state index contributed by atoms with van der Waals surface area (Å²) in [7, 11) is 0. The molecular formula is C33H32F2N6O3. The van der Waals surface area contributed by atoms with Crippen LogP contribution in [0.2, 0.25) is 0 Å². The highest BCUT2D eigenvalue weighted by molar-refractivity contribution is 6.05. The number of halogens is 2. The molecule has 9 nitrogen and oxygen atoms in total. The lowest BCUT2D eigenvalue weighted by molar-refractivity contribution is -0.129. The molecule has 3 aliphatic heterocycles. The van der Waals surface area contributed by atoms with Gasteiger partial charge in [-0.25, -0.2) is 5.43 Å². The van der Waals surface area contributed by atoms with Crippen LogP contribution in [0, 0.1) is 17.2 Å². The summed E-state index contributed by atoms with van der Waals surface area (Å²) in [5, 5.41) is 17.5. The first-order valence-corrected chi connectivity index (χ1v) is 14.6. The maximum atomic E-state index is 15.1. The summed E-state index contributed by atoms with van der Waals surface area (Å²) in [4.78, 5) is 28.7. The molecule has 1 unspecified atom stereocenters. The molecule has 0 radical (unpaired) electrons. The van der Waals surface area contributed by atoms with E-state index >= 15 is 8.78 Å². The molecule has 2 saturated heterocycles. The van der Waals surface area contributed by atoms with E-state index in [2.05, 4.69) is 22.1 Å². The Labute approximate surface area is 254 Å². The predicted octanol–water partition coefficient (Wildman–Crippen LogP) is 4.48. The standard InChI is InChI=1S/C33H32F2N6O3/c1-21-20-40-30(32(43)41(21)26-10-7-24(8-11-26)33(34,35)23-5-3-2-4-6-23)28(19-38-40)31(42)39-25-9-12-29(22(17-25)18-36)44-27-13-15-37-16-14-27/h2-12,17,20,27-28,30,37-38H,13-16,19H2,1H3,(H,39,42)/t28-,30?/m0/s1. The van der Waals surface area contributed by atoms with Crippen LogP contribution in [0.15, 0.2) is 84.7 Å². The van der Waals surface area contributed by atoms with Gasteiger partial charge in [-0.15, -0.1) is 0 Å². The zero-order valence-corrected chi connectivity index (χ0v) is 24.1. The Hall–Kier alpha value is -4.79. The van der Waals surface area contributed by atoms with Crippen molar-refractivity contribution in [2.45, 2.75) is 37.8 Å². The summed E-state index contributed by atoms with van der Waals surface area (Å²) in [6.07, 6.45) is 3.44. The number of nitrogens with one attached hydrogen (secondary N) is 3. The molecule has 44 heavy (non-hydrogen) atoms. The lowest BCUT2D eigenvalue weighted by Gasteiger charge is -2.36. The second-order valence-electron chi connectivity index (χ2n) is 11.1. The van der Waals surface area contributed by atoms with Gasteiger partial charge in [-0.3, -0.25) is 14.5 Å². The first-order chi connectivity index (χ1) is 21.3. The number of alkyl halides is 2. The van der Waals surface area contributed by atoms with Crippen LogP contribution >= 0.6 is 0 Å². The van der Waals surface area contributed by atoms with Crippen LogP contribution < -0.4 is 25.7 Å². The van der Waals surface area contributed by atoms with Crippen molar-refractivity contribution in [3.63, 3.8) is 0 Å². The minimum absolute atomic E-state index is 0.0210. The van der Waals surface area contributed by atoms with Gasteiger partial charge in [0.15, 0.2) is 0 Å². The van der Waals surface area contributed by atoms with Crippen LogP contribution in [-0.2, 0) is 15.5 Å². The molecule has 0 bridgehead atoms. The average Bonchev–Trinajstić information content (AvgIpc) is 3.47. The number of ether oxygens (including phenoxy) is 1. The van der Waals surface area contributed by atoms with Crippen molar-refractivity contribution in [1.82, 2.24) is 15.8 Å². The van der Waals surface area contributed by atoms with Gasteiger partial charge in [0.1, 0.15) is 24.0 Å². The van der Waals surface area contributed by atoms with Gasteiger partial charge in [0.25, 0.3) is 11.8 Å². The molecule has 0 aromatic heterocycles. The fourth-order valence-corrected chi connectivity index (χ4v) is 5.92. The minimum atomic E-state index is -3.20. The zero-order chi connectivity index (χ0) is 30.8. The third-order valence-corrected chi connectivity index (χ3v) is 8.24. The van der Waals surface area contributed by atoms with E-state index in [-0.39, 0.29) is 35.6 Å². The molecular weight excluding hydrogens is 566 g/mol. The second-order valence-corrected chi connectivity index (χ2v) is 11.1. The number of fused-ring (bicyclic) bond motifs is 1. The van der Waals surface area contributed by atoms with E-state index in [0.717, 1.165) is 25.9 Å². The lowest BCUT2D eigenvalue weighted by atomic mass is 9.96. The van der Waals surface area contributed by atoms with Crippen LogP contribution in [0.5, 0.6) is 5.75 Å².